The number of ether oxygens (including phenoxy) is 2. The van der Waals surface area contributed by atoms with Crippen molar-refractivity contribution in [3.63, 3.8) is 0 Å². The Morgan fingerprint density at radius 3 is 1.40 bits per heavy atom. The number of aromatic hydroxyl groups is 2. The highest BCUT2D eigenvalue weighted by molar-refractivity contribution is 5.70. The third-order valence-electron chi connectivity index (χ3n) is 8.17. The molecule has 0 amide bonds. The number of esters is 2. The van der Waals surface area contributed by atoms with Crippen molar-refractivity contribution in [1.82, 2.24) is 0 Å². The first kappa shape index (κ1) is 36.2. The van der Waals surface area contributed by atoms with E-state index in [0.717, 1.165) is 33.4 Å². The molecule has 0 saturated carbocycles. The van der Waals surface area contributed by atoms with E-state index in [1.54, 1.807) is 0 Å². The summed E-state index contributed by atoms with van der Waals surface area (Å²) in [7, 11) is 1.39. The number of phenolic OH excluding ortho intramolecular Hbond substituents is 2. The van der Waals surface area contributed by atoms with Crippen LogP contribution in [0.3, 0.4) is 0 Å². The third-order valence-corrected chi connectivity index (χ3v) is 8.17. The van der Waals surface area contributed by atoms with Gasteiger partial charge in [-0.15, -0.1) is 0 Å². The maximum atomic E-state index is 12.7. The Morgan fingerprint density at radius 2 is 1.00 bits per heavy atom. The zero-order chi connectivity index (χ0) is 33.0. The van der Waals surface area contributed by atoms with Crippen LogP contribution < -0.4 is 0 Å². The highest BCUT2D eigenvalue weighted by Gasteiger charge is 2.30. The fraction of sp³-hybridized carbons (Fsp3) is 0.622. The lowest BCUT2D eigenvalue weighted by Crippen LogP contribution is -2.22. The molecule has 2 rings (SSSR count). The molecule has 43 heavy (non-hydrogen) atoms. The van der Waals surface area contributed by atoms with Crippen molar-refractivity contribution in [2.75, 3.05) is 13.7 Å². The lowest BCUT2D eigenvalue weighted by atomic mass is 9.75. The maximum absolute atomic E-state index is 12.7. The molecule has 2 N–H and O–H groups in total. The number of hydrogen-bond donors (Lipinski definition) is 2. The Labute approximate surface area is 260 Å². The van der Waals surface area contributed by atoms with Crippen molar-refractivity contribution < 1.29 is 29.3 Å². The Hall–Kier alpha value is -3.02. The molecule has 6 nitrogen and oxygen atoms in total. The third kappa shape index (κ3) is 10.0. The number of benzene rings is 2. The van der Waals surface area contributed by atoms with Gasteiger partial charge in [0, 0.05) is 18.4 Å². The van der Waals surface area contributed by atoms with E-state index in [-0.39, 0.29) is 52.2 Å². The number of hydrogen-bond acceptors (Lipinski definition) is 6. The Bertz CT molecular complexity index is 1250. The molecule has 0 unspecified atom stereocenters. The van der Waals surface area contributed by atoms with Crippen LogP contribution >= 0.6 is 0 Å². The van der Waals surface area contributed by atoms with Gasteiger partial charge in [0.25, 0.3) is 0 Å². The summed E-state index contributed by atoms with van der Waals surface area (Å²) in [5.41, 5.74) is 4.36. The molecule has 0 spiro atoms. The zero-order valence-electron chi connectivity index (χ0n) is 28.8. The van der Waals surface area contributed by atoms with Gasteiger partial charge in [-0.1, -0.05) is 100 Å². The van der Waals surface area contributed by atoms with E-state index in [2.05, 4.69) is 76.2 Å². The molecule has 0 saturated heterocycles. The Morgan fingerprint density at radius 1 is 0.628 bits per heavy atom. The summed E-state index contributed by atoms with van der Waals surface area (Å²) in [4.78, 5) is 24.5. The minimum absolute atomic E-state index is 0.226. The zero-order valence-corrected chi connectivity index (χ0v) is 28.8. The molecule has 240 valence electrons. The highest BCUT2D eigenvalue weighted by atomic mass is 16.5. The predicted molar refractivity (Wildman–Crippen MR) is 174 cm³/mol. The van der Waals surface area contributed by atoms with Crippen LogP contribution in [0.2, 0.25) is 0 Å². The Kier molecular flexibility index (Phi) is 11.6. The number of phenols is 2. The summed E-state index contributed by atoms with van der Waals surface area (Å²) in [6.45, 7) is 23.1. The quantitative estimate of drug-likeness (QED) is 0.200. The molecular weight excluding hydrogens is 540 g/mol. The van der Waals surface area contributed by atoms with Crippen LogP contribution in [0.1, 0.15) is 135 Å². The van der Waals surface area contributed by atoms with Gasteiger partial charge in [0.15, 0.2) is 0 Å². The second-order valence-corrected chi connectivity index (χ2v) is 15.6. The van der Waals surface area contributed by atoms with Crippen molar-refractivity contribution in [1.29, 1.82) is 0 Å². The normalized spacial score (nSPS) is 12.7. The topological polar surface area (TPSA) is 93.1 Å². The van der Waals surface area contributed by atoms with Gasteiger partial charge in [0.05, 0.1) is 13.7 Å². The van der Waals surface area contributed by atoms with Gasteiger partial charge in [0.2, 0.25) is 0 Å². The Balaban J connectivity index is 2.08. The van der Waals surface area contributed by atoms with E-state index < -0.39 is 0 Å². The van der Waals surface area contributed by atoms with E-state index in [4.69, 9.17) is 9.47 Å². The molecule has 0 aliphatic rings. The van der Waals surface area contributed by atoms with Crippen molar-refractivity contribution in [3.8, 4) is 11.5 Å². The number of carbonyl (C=O) groups excluding carboxylic acids is 2. The van der Waals surface area contributed by atoms with Crippen LogP contribution in [0.25, 0.3) is 0 Å². The number of carbonyl (C=O) groups is 2. The highest BCUT2D eigenvalue weighted by Crippen LogP contribution is 2.42. The summed E-state index contributed by atoms with van der Waals surface area (Å²) in [6, 6.07) is 8.01. The molecule has 0 radical (unpaired) electrons. The summed E-state index contributed by atoms with van der Waals surface area (Å²) < 4.78 is 10.4. The first-order chi connectivity index (χ1) is 19.6. The molecule has 0 bridgehead atoms. The van der Waals surface area contributed by atoms with Crippen LogP contribution in [-0.2, 0) is 53.6 Å². The van der Waals surface area contributed by atoms with Gasteiger partial charge in [-0.25, -0.2) is 0 Å². The van der Waals surface area contributed by atoms with Crippen LogP contribution in [0.5, 0.6) is 11.5 Å². The van der Waals surface area contributed by atoms with E-state index in [9.17, 15) is 19.8 Å². The van der Waals surface area contributed by atoms with E-state index in [0.29, 0.717) is 38.0 Å². The number of aryl methyl sites for hydroxylation is 2. The largest absolute Gasteiger partial charge is 0.507 e. The number of methoxy groups -OCH3 is 1. The standard InChI is InChI=1S/C37H56O6/c1-34(2,3)26-20-24(21-27(32(26)40)35(4,5)6)15-17-31(39)43-19-13-18-37(10,11)29-23-25(14-16-30(38)42-12)22-28(33(29)41)36(7,8)9/h20-23,40-41H,13-19H2,1-12H3. The minimum atomic E-state index is -0.378. The summed E-state index contributed by atoms with van der Waals surface area (Å²) in [5, 5.41) is 22.3. The maximum Gasteiger partial charge on any atom is 0.306 e. The molecule has 0 fully saturated rings. The minimum Gasteiger partial charge on any atom is -0.507 e. The summed E-state index contributed by atoms with van der Waals surface area (Å²) >= 11 is 0. The lowest BCUT2D eigenvalue weighted by molar-refractivity contribution is -0.144. The average molecular weight is 597 g/mol. The average Bonchev–Trinajstić information content (AvgIpc) is 2.87. The van der Waals surface area contributed by atoms with Crippen LogP contribution in [-0.4, -0.2) is 35.9 Å². The SMILES string of the molecule is COC(=O)CCc1cc(C(C)(C)C)c(O)c(C(C)(C)CCCOC(=O)CCc2cc(C(C)(C)C)c(O)c(C(C)(C)C)c2)c1. The molecule has 2 aromatic rings. The van der Waals surface area contributed by atoms with Crippen molar-refractivity contribution >= 4 is 11.9 Å². The first-order valence-corrected chi connectivity index (χ1v) is 15.5. The molecule has 6 heteroatoms. The fourth-order valence-electron chi connectivity index (χ4n) is 5.41. The summed E-state index contributed by atoms with van der Waals surface area (Å²) in [6.07, 6.45) is 2.97. The lowest BCUT2D eigenvalue weighted by Gasteiger charge is -2.31. The van der Waals surface area contributed by atoms with Gasteiger partial charge >= 0.3 is 11.9 Å². The van der Waals surface area contributed by atoms with Gasteiger partial charge in [0.1, 0.15) is 11.5 Å². The monoisotopic (exact) mass is 596 g/mol. The number of rotatable bonds is 11. The molecule has 0 aromatic heterocycles. The van der Waals surface area contributed by atoms with E-state index in [1.165, 1.54) is 7.11 Å². The van der Waals surface area contributed by atoms with Gasteiger partial charge in [-0.2, -0.15) is 0 Å². The second kappa shape index (κ2) is 13.7. The molecule has 0 aliphatic carbocycles. The van der Waals surface area contributed by atoms with Crippen LogP contribution in [0.4, 0.5) is 0 Å². The molecular formula is C37H56O6. The fourth-order valence-corrected chi connectivity index (χ4v) is 5.41. The van der Waals surface area contributed by atoms with E-state index in [1.807, 2.05) is 24.3 Å². The van der Waals surface area contributed by atoms with Crippen LogP contribution in [0, 0.1) is 0 Å². The van der Waals surface area contributed by atoms with Gasteiger partial charge < -0.3 is 19.7 Å². The molecule has 0 aliphatic heterocycles. The first-order valence-electron chi connectivity index (χ1n) is 15.5. The molecule has 0 atom stereocenters. The smallest absolute Gasteiger partial charge is 0.306 e. The van der Waals surface area contributed by atoms with Gasteiger partial charge in [-0.3, -0.25) is 9.59 Å². The predicted octanol–water partition coefficient (Wildman–Crippen LogP) is 8.33. The summed E-state index contributed by atoms with van der Waals surface area (Å²) in [5.74, 6) is 0.115. The van der Waals surface area contributed by atoms with E-state index >= 15 is 0 Å². The van der Waals surface area contributed by atoms with Crippen LogP contribution in [0.15, 0.2) is 24.3 Å². The van der Waals surface area contributed by atoms with Crippen molar-refractivity contribution in [2.24, 2.45) is 0 Å². The van der Waals surface area contributed by atoms with Crippen molar-refractivity contribution in [2.45, 2.75) is 136 Å². The van der Waals surface area contributed by atoms with Gasteiger partial charge in [-0.05, 0) is 75.2 Å². The van der Waals surface area contributed by atoms with Crippen molar-refractivity contribution in [3.05, 3.63) is 57.6 Å². The molecule has 0 heterocycles. The second-order valence-electron chi connectivity index (χ2n) is 15.6. The molecule has 2 aromatic carbocycles.